The van der Waals surface area contributed by atoms with Gasteiger partial charge in [0.15, 0.2) is 0 Å². The van der Waals surface area contributed by atoms with Crippen LogP contribution < -0.4 is 5.73 Å². The van der Waals surface area contributed by atoms with Crippen LogP contribution in [0.25, 0.3) is 0 Å². The van der Waals surface area contributed by atoms with Crippen LogP contribution >= 0.6 is 0 Å². The van der Waals surface area contributed by atoms with Gasteiger partial charge in [-0.2, -0.15) is 8.42 Å². The van der Waals surface area contributed by atoms with Gasteiger partial charge in [0.05, 0.1) is 5.75 Å². The number of hydrogen-bond donors (Lipinski definition) is 0. The van der Waals surface area contributed by atoms with E-state index in [2.05, 4.69) is 4.18 Å². The van der Waals surface area contributed by atoms with Gasteiger partial charge >= 0.3 is 0 Å². The van der Waals surface area contributed by atoms with E-state index in [9.17, 15) is 13.2 Å². The third kappa shape index (κ3) is 4.28. The van der Waals surface area contributed by atoms with Gasteiger partial charge in [0.25, 0.3) is 16.0 Å². The zero-order chi connectivity index (χ0) is 8.20. The molecule has 59 valence electrons. The Kier molecular flexibility index (Phi) is 3.31. The fourth-order valence-electron chi connectivity index (χ4n) is 0.227. The van der Waals surface area contributed by atoms with Gasteiger partial charge in [-0.25, -0.2) is 0 Å². The molecule has 0 bridgehead atoms. The second-order valence-corrected chi connectivity index (χ2v) is 3.46. The maximum absolute atomic E-state index is 10.4. The molecule has 0 atom stereocenters. The van der Waals surface area contributed by atoms with Crippen molar-refractivity contribution in [2.75, 3.05) is 12.4 Å². The summed E-state index contributed by atoms with van der Waals surface area (Å²) in [6.07, 6.45) is 0. The molecule has 0 aromatic carbocycles. The maximum atomic E-state index is 10.4. The average molecular weight is 166 g/mol. The summed E-state index contributed by atoms with van der Waals surface area (Å²) < 4.78 is 25.0. The maximum Gasteiger partial charge on any atom is 0.267 e. The Balaban J connectivity index is 3.81. The lowest BCUT2D eigenvalue weighted by molar-refractivity contribution is -0.120. The minimum atomic E-state index is -3.56. The minimum absolute atomic E-state index is 0.180. The van der Waals surface area contributed by atoms with Crippen LogP contribution in [0.1, 0.15) is 6.92 Å². The molecular formula is C4H8NO4S. The molecule has 0 saturated heterocycles. The molecule has 0 spiro atoms. The van der Waals surface area contributed by atoms with Crippen molar-refractivity contribution in [3.05, 3.63) is 0 Å². The Morgan fingerprint density at radius 1 is 1.60 bits per heavy atom. The molecule has 1 N–H and O–H groups in total. The van der Waals surface area contributed by atoms with Crippen molar-refractivity contribution in [2.45, 2.75) is 6.92 Å². The van der Waals surface area contributed by atoms with Crippen molar-refractivity contribution in [2.24, 2.45) is 0 Å². The molecule has 0 aliphatic rings. The SMILES string of the molecule is CCS(=O)(=O)OCC([NH])=O. The highest BCUT2D eigenvalue weighted by Crippen LogP contribution is 1.90. The molecule has 6 heteroatoms. The summed E-state index contributed by atoms with van der Waals surface area (Å²) in [4.78, 5) is 9.88. The summed E-state index contributed by atoms with van der Waals surface area (Å²) in [5.41, 5.74) is 6.30. The molecule has 0 aliphatic carbocycles. The second-order valence-electron chi connectivity index (χ2n) is 1.53. The monoisotopic (exact) mass is 166 g/mol. The molecule has 1 radical (unpaired) electrons. The third-order valence-electron chi connectivity index (χ3n) is 0.723. The van der Waals surface area contributed by atoms with E-state index in [1.807, 2.05) is 0 Å². The van der Waals surface area contributed by atoms with Gasteiger partial charge in [-0.1, -0.05) is 0 Å². The molecular weight excluding hydrogens is 158 g/mol. The molecule has 0 aliphatic heterocycles. The summed E-state index contributed by atoms with van der Waals surface area (Å²) in [5.74, 6) is -1.22. The van der Waals surface area contributed by atoms with E-state index in [0.29, 0.717) is 0 Å². The summed E-state index contributed by atoms with van der Waals surface area (Å²) >= 11 is 0. The molecule has 0 aromatic heterocycles. The quantitative estimate of drug-likeness (QED) is 0.510. The van der Waals surface area contributed by atoms with Crippen LogP contribution in [0.2, 0.25) is 0 Å². The molecule has 5 nitrogen and oxygen atoms in total. The Morgan fingerprint density at radius 3 is 2.40 bits per heavy atom. The van der Waals surface area contributed by atoms with Gasteiger partial charge in [0.2, 0.25) is 0 Å². The standard InChI is InChI=1S/C4H8NO4S/c1-2-10(7,8)9-3-4(5)6/h5H,2-3H2,1H3. The zero-order valence-corrected chi connectivity index (χ0v) is 6.27. The van der Waals surface area contributed by atoms with E-state index in [1.165, 1.54) is 6.92 Å². The van der Waals surface area contributed by atoms with Gasteiger partial charge in [0, 0.05) is 0 Å². The summed E-state index contributed by atoms with van der Waals surface area (Å²) in [6, 6.07) is 0. The first-order valence-electron chi connectivity index (χ1n) is 2.59. The fourth-order valence-corrected chi connectivity index (χ4v) is 0.680. The van der Waals surface area contributed by atoms with E-state index in [0.717, 1.165) is 0 Å². The lowest BCUT2D eigenvalue weighted by Crippen LogP contribution is -2.15. The van der Waals surface area contributed by atoms with Crippen molar-refractivity contribution in [3.63, 3.8) is 0 Å². The first-order valence-corrected chi connectivity index (χ1v) is 4.17. The summed E-state index contributed by atoms with van der Waals surface area (Å²) in [6.45, 7) is 0.708. The van der Waals surface area contributed by atoms with E-state index < -0.39 is 22.6 Å². The third-order valence-corrected chi connectivity index (χ3v) is 1.91. The number of hydrogen-bond acceptors (Lipinski definition) is 4. The van der Waals surface area contributed by atoms with Gasteiger partial charge in [0.1, 0.15) is 6.61 Å². The Morgan fingerprint density at radius 2 is 2.10 bits per heavy atom. The smallest absolute Gasteiger partial charge is 0.267 e. The van der Waals surface area contributed by atoms with Crippen molar-refractivity contribution in [3.8, 4) is 0 Å². The van der Waals surface area contributed by atoms with E-state index in [4.69, 9.17) is 5.73 Å². The van der Waals surface area contributed by atoms with Crippen molar-refractivity contribution < 1.29 is 17.4 Å². The number of nitrogens with one attached hydrogen (secondary N) is 1. The normalized spacial score (nSPS) is 11.3. The van der Waals surface area contributed by atoms with E-state index >= 15 is 0 Å². The van der Waals surface area contributed by atoms with Crippen LogP contribution in [-0.4, -0.2) is 26.7 Å². The van der Waals surface area contributed by atoms with Crippen LogP contribution in [0.15, 0.2) is 0 Å². The highest BCUT2D eigenvalue weighted by molar-refractivity contribution is 7.86. The predicted molar refractivity (Wildman–Crippen MR) is 33.5 cm³/mol. The molecule has 0 rings (SSSR count). The van der Waals surface area contributed by atoms with E-state index in [-0.39, 0.29) is 5.75 Å². The van der Waals surface area contributed by atoms with Crippen LogP contribution in [-0.2, 0) is 19.1 Å². The minimum Gasteiger partial charge on any atom is -0.270 e. The molecule has 0 saturated carbocycles. The highest BCUT2D eigenvalue weighted by atomic mass is 32.2. The van der Waals surface area contributed by atoms with Gasteiger partial charge in [-0.05, 0) is 6.92 Å². The number of rotatable bonds is 4. The number of carbonyl (C=O) groups excluding carboxylic acids is 1. The van der Waals surface area contributed by atoms with Crippen molar-refractivity contribution >= 4 is 16.0 Å². The first-order chi connectivity index (χ1) is 4.48. The zero-order valence-electron chi connectivity index (χ0n) is 5.46. The van der Waals surface area contributed by atoms with Crippen LogP contribution in [0.5, 0.6) is 0 Å². The van der Waals surface area contributed by atoms with Crippen LogP contribution in [0, 0.1) is 0 Å². The first kappa shape index (κ1) is 9.38. The topological polar surface area (TPSA) is 84.2 Å². The molecule has 0 unspecified atom stereocenters. The molecule has 1 amide bonds. The molecule has 0 aromatic rings. The highest BCUT2D eigenvalue weighted by Gasteiger charge is 2.08. The van der Waals surface area contributed by atoms with Gasteiger partial charge in [-0.15, -0.1) is 0 Å². The Hall–Kier alpha value is -0.620. The summed E-state index contributed by atoms with van der Waals surface area (Å²) in [7, 11) is -3.56. The van der Waals surface area contributed by atoms with Gasteiger partial charge < -0.3 is 0 Å². The second kappa shape index (κ2) is 3.52. The largest absolute Gasteiger partial charge is 0.270 e. The Labute approximate surface area is 59.3 Å². The number of carbonyl (C=O) groups is 1. The van der Waals surface area contributed by atoms with Crippen molar-refractivity contribution in [1.29, 1.82) is 0 Å². The molecule has 10 heavy (non-hydrogen) atoms. The van der Waals surface area contributed by atoms with Crippen molar-refractivity contribution in [1.82, 2.24) is 5.73 Å². The molecule has 0 heterocycles. The van der Waals surface area contributed by atoms with Crippen LogP contribution in [0.4, 0.5) is 0 Å². The summed E-state index contributed by atoms with van der Waals surface area (Å²) in [5, 5.41) is 0. The molecule has 0 fully saturated rings. The average Bonchev–Trinajstić information content (AvgIpc) is 1.85. The lowest BCUT2D eigenvalue weighted by atomic mass is 10.7. The number of amides is 1. The van der Waals surface area contributed by atoms with Crippen LogP contribution in [0.3, 0.4) is 0 Å². The Bertz CT molecular complexity index is 207. The van der Waals surface area contributed by atoms with E-state index in [1.54, 1.807) is 0 Å². The fraction of sp³-hybridized carbons (Fsp3) is 0.750. The van der Waals surface area contributed by atoms with Gasteiger partial charge in [-0.3, -0.25) is 14.7 Å². The lowest BCUT2D eigenvalue weighted by Gasteiger charge is -1.97. The predicted octanol–water partition coefficient (Wildman–Crippen LogP) is -0.838.